The van der Waals surface area contributed by atoms with Crippen molar-refractivity contribution in [2.24, 2.45) is 0 Å². The zero-order valence-corrected chi connectivity index (χ0v) is 21.4. The second-order valence-electron chi connectivity index (χ2n) is 9.26. The number of aryl methyl sites for hydroxylation is 2. The van der Waals surface area contributed by atoms with Crippen LogP contribution in [0.3, 0.4) is 0 Å². The average Bonchev–Trinajstić information content (AvgIpc) is 3.57. The van der Waals surface area contributed by atoms with Gasteiger partial charge in [-0.1, -0.05) is 25.5 Å². The van der Waals surface area contributed by atoms with Crippen LogP contribution in [-0.4, -0.2) is 40.3 Å². The highest BCUT2D eigenvalue weighted by atomic mass is 32.5. The van der Waals surface area contributed by atoms with Crippen LogP contribution in [0.4, 0.5) is 25.1 Å². The van der Waals surface area contributed by atoms with Crippen molar-refractivity contribution in [3.8, 4) is 11.4 Å². The summed E-state index contributed by atoms with van der Waals surface area (Å²) in [7, 11) is -9.02. The van der Waals surface area contributed by atoms with Gasteiger partial charge in [0.15, 0.2) is 0 Å². The number of fused-ring (bicyclic) bond motifs is 1. The number of benzene rings is 2. The second kappa shape index (κ2) is 8.19. The first-order valence-corrected chi connectivity index (χ1v) is 13.5. The van der Waals surface area contributed by atoms with Crippen LogP contribution in [0.1, 0.15) is 33.2 Å². The molecule has 0 aliphatic carbocycles. The maximum absolute atomic E-state index is 13.4. The van der Waals surface area contributed by atoms with Crippen LogP contribution >= 0.6 is 10.2 Å². The summed E-state index contributed by atoms with van der Waals surface area (Å²) in [6.07, 6.45) is 1.88. The Bertz CT molecular complexity index is 1580. The van der Waals surface area contributed by atoms with E-state index in [1.165, 1.54) is 0 Å². The number of imidazole rings is 1. The summed E-state index contributed by atoms with van der Waals surface area (Å²) in [5.41, 5.74) is 9.96. The normalized spacial score (nSPS) is 16.4. The van der Waals surface area contributed by atoms with Crippen molar-refractivity contribution >= 4 is 27.5 Å². The number of carbonyl (C=O) groups is 1. The van der Waals surface area contributed by atoms with E-state index < -0.39 is 32.3 Å². The monoisotopic (exact) mass is 556 g/mol. The number of hydrogen-bond donors (Lipinski definition) is 3. The Morgan fingerprint density at radius 1 is 1.05 bits per heavy atom. The molecule has 0 spiro atoms. The number of anilines is 1. The van der Waals surface area contributed by atoms with Gasteiger partial charge < -0.3 is 10.1 Å². The molecule has 1 amide bonds. The Kier molecular flexibility index (Phi) is 5.60. The molecule has 8 nitrogen and oxygen atoms in total. The molecule has 38 heavy (non-hydrogen) atoms. The van der Waals surface area contributed by atoms with Crippen molar-refractivity contribution < 1.29 is 29.0 Å². The molecule has 5 rings (SSSR count). The van der Waals surface area contributed by atoms with E-state index in [-0.39, 0.29) is 23.7 Å². The highest BCUT2D eigenvalue weighted by molar-refractivity contribution is 8.45. The molecular formula is C24H25F5N6O2S. The SMILES string of the molecule is COc1cc(C(=O)Nc2ccc(C)c(-n3cc(C)n4nc(C5CNNC5)cc34)c2)cc(S(F)(F)(F)(F)F)c1. The van der Waals surface area contributed by atoms with E-state index in [1.807, 2.05) is 35.2 Å². The Hall–Kier alpha value is -3.62. The maximum atomic E-state index is 13.4. The van der Waals surface area contributed by atoms with E-state index in [2.05, 4.69) is 16.2 Å². The molecule has 0 bridgehead atoms. The van der Waals surface area contributed by atoms with Gasteiger partial charge in [-0.15, -0.1) is 0 Å². The Balaban J connectivity index is 1.49. The first-order valence-electron chi connectivity index (χ1n) is 11.5. The first kappa shape index (κ1) is 26.0. The number of nitrogens with one attached hydrogen (secondary N) is 3. The molecule has 2 aromatic carbocycles. The minimum absolute atomic E-state index is 0.133. The van der Waals surface area contributed by atoms with Crippen molar-refractivity contribution in [3.63, 3.8) is 0 Å². The fraction of sp³-hybridized carbons (Fsp3) is 0.250. The summed E-state index contributed by atoms with van der Waals surface area (Å²) in [4.78, 5) is 10.7. The van der Waals surface area contributed by atoms with Gasteiger partial charge in [0, 0.05) is 48.6 Å². The minimum atomic E-state index is -10.0. The van der Waals surface area contributed by atoms with Gasteiger partial charge in [0.2, 0.25) is 0 Å². The molecule has 4 aromatic rings. The van der Waals surface area contributed by atoms with E-state index in [0.717, 1.165) is 48.9 Å². The lowest BCUT2D eigenvalue weighted by Crippen LogP contribution is -2.21. The Morgan fingerprint density at radius 3 is 2.42 bits per heavy atom. The molecule has 14 heteroatoms. The highest BCUT2D eigenvalue weighted by Gasteiger charge is 2.65. The van der Waals surface area contributed by atoms with Crippen LogP contribution in [0, 0.1) is 13.8 Å². The molecule has 1 aliphatic heterocycles. The third-order valence-corrected chi connectivity index (χ3v) is 7.52. The Morgan fingerprint density at radius 2 is 1.76 bits per heavy atom. The third kappa shape index (κ3) is 4.93. The lowest BCUT2D eigenvalue weighted by molar-refractivity contribution is 0.102. The molecular weight excluding hydrogens is 531 g/mol. The molecule has 1 aliphatic rings. The van der Waals surface area contributed by atoms with Gasteiger partial charge in [0.05, 0.1) is 24.2 Å². The quantitative estimate of drug-likeness (QED) is 0.260. The average molecular weight is 557 g/mol. The number of nitrogens with zero attached hydrogens (tertiary/aromatic N) is 3. The molecule has 0 atom stereocenters. The maximum Gasteiger partial charge on any atom is 0.310 e. The summed E-state index contributed by atoms with van der Waals surface area (Å²) in [5, 5.41) is 7.23. The number of methoxy groups -OCH3 is 1. The van der Waals surface area contributed by atoms with E-state index in [9.17, 15) is 24.2 Å². The van der Waals surface area contributed by atoms with Gasteiger partial charge in [0.1, 0.15) is 16.3 Å². The van der Waals surface area contributed by atoms with Gasteiger partial charge in [-0.2, -0.15) is 5.10 Å². The Labute approximate surface area is 214 Å². The van der Waals surface area contributed by atoms with E-state index >= 15 is 0 Å². The van der Waals surface area contributed by atoms with Crippen LogP contribution in [-0.2, 0) is 0 Å². The second-order valence-corrected chi connectivity index (χ2v) is 11.7. The predicted octanol–water partition coefficient (Wildman–Crippen LogP) is 5.85. The molecule has 1 fully saturated rings. The van der Waals surface area contributed by atoms with Crippen molar-refractivity contribution in [1.29, 1.82) is 0 Å². The predicted molar refractivity (Wildman–Crippen MR) is 135 cm³/mol. The number of carbonyl (C=O) groups excluding carboxylic acids is 1. The molecule has 0 radical (unpaired) electrons. The molecule has 0 saturated carbocycles. The highest BCUT2D eigenvalue weighted by Crippen LogP contribution is 3.02. The minimum Gasteiger partial charge on any atom is -0.497 e. The van der Waals surface area contributed by atoms with Crippen LogP contribution in [0.25, 0.3) is 11.3 Å². The summed E-state index contributed by atoms with van der Waals surface area (Å²) < 4.78 is 75.7. The van der Waals surface area contributed by atoms with Gasteiger partial charge in [-0.25, -0.2) is 4.52 Å². The van der Waals surface area contributed by atoms with Crippen LogP contribution in [0.15, 0.2) is 53.6 Å². The molecule has 3 N–H and O–H groups in total. The number of aromatic nitrogens is 3. The zero-order valence-electron chi connectivity index (χ0n) is 20.6. The molecule has 0 unspecified atom stereocenters. The van der Waals surface area contributed by atoms with Crippen molar-refractivity contribution in [2.75, 3.05) is 25.5 Å². The van der Waals surface area contributed by atoms with Crippen LogP contribution < -0.4 is 20.9 Å². The fourth-order valence-corrected chi connectivity index (χ4v) is 5.07. The third-order valence-electron chi connectivity index (χ3n) is 6.40. The van der Waals surface area contributed by atoms with Gasteiger partial charge in [-0.3, -0.25) is 20.2 Å². The fourth-order valence-electron chi connectivity index (χ4n) is 4.39. The molecule has 2 aromatic heterocycles. The largest absolute Gasteiger partial charge is 0.497 e. The van der Waals surface area contributed by atoms with Gasteiger partial charge >= 0.3 is 10.2 Å². The number of ether oxygens (including phenoxy) is 1. The number of hydrogen-bond acceptors (Lipinski definition) is 5. The van der Waals surface area contributed by atoms with Crippen molar-refractivity contribution in [1.82, 2.24) is 25.0 Å². The van der Waals surface area contributed by atoms with Crippen LogP contribution in [0.2, 0.25) is 0 Å². The summed E-state index contributed by atoms with van der Waals surface area (Å²) in [6, 6.07) is 8.24. The zero-order chi connectivity index (χ0) is 27.5. The van der Waals surface area contributed by atoms with Gasteiger partial charge in [-0.05, 0) is 43.7 Å². The van der Waals surface area contributed by atoms with Gasteiger partial charge in [0.25, 0.3) is 5.91 Å². The lowest BCUT2D eigenvalue weighted by Gasteiger charge is -2.40. The molecule has 3 heterocycles. The smallest absolute Gasteiger partial charge is 0.310 e. The number of amides is 1. The van der Waals surface area contributed by atoms with Crippen LogP contribution in [0.5, 0.6) is 5.75 Å². The summed E-state index contributed by atoms with van der Waals surface area (Å²) in [6.45, 7) is 5.27. The number of rotatable bonds is 6. The number of hydrazine groups is 1. The van der Waals surface area contributed by atoms with E-state index in [0.29, 0.717) is 5.69 Å². The lowest BCUT2D eigenvalue weighted by atomic mass is 10.1. The summed E-state index contributed by atoms with van der Waals surface area (Å²) >= 11 is 0. The van der Waals surface area contributed by atoms with E-state index in [1.54, 1.807) is 18.2 Å². The first-order chi connectivity index (χ1) is 17.6. The topological polar surface area (TPSA) is 84.6 Å². The number of halogens is 5. The van der Waals surface area contributed by atoms with Crippen molar-refractivity contribution in [3.05, 3.63) is 71.2 Å². The van der Waals surface area contributed by atoms with Crippen molar-refractivity contribution in [2.45, 2.75) is 24.7 Å². The standard InChI is InChI=1S/C24H25F5N6O2S/c1-14-4-5-18(32-24(36)16-6-19(37-3)9-20(7-16)38(25,26,27,28)29)8-22(14)34-13-15(2)35-23(34)10-21(33-35)17-11-30-31-12-17/h4-10,13,17,30-31H,11-12H2,1-3H3,(H,32,36). The molecule has 204 valence electrons. The van der Waals surface area contributed by atoms with E-state index in [4.69, 9.17) is 9.84 Å². The molecule has 1 saturated heterocycles. The summed E-state index contributed by atoms with van der Waals surface area (Å²) in [5.74, 6) is -1.31.